The normalized spacial score (nSPS) is 16.1. The van der Waals surface area contributed by atoms with Crippen LogP contribution in [0.4, 0.5) is 18.9 Å². The van der Waals surface area contributed by atoms with Crippen molar-refractivity contribution in [1.29, 1.82) is 0 Å². The average Bonchev–Trinajstić information content (AvgIpc) is 3.24. The molecule has 3 aromatic rings. The molecule has 5 nitrogen and oxygen atoms in total. The summed E-state index contributed by atoms with van der Waals surface area (Å²) < 4.78 is 46.3. The van der Waals surface area contributed by atoms with Crippen LogP contribution in [0.1, 0.15) is 19.8 Å². The first kappa shape index (κ1) is 26.2. The van der Waals surface area contributed by atoms with E-state index >= 15 is 0 Å². The van der Waals surface area contributed by atoms with E-state index in [9.17, 15) is 18.0 Å². The van der Waals surface area contributed by atoms with Gasteiger partial charge < -0.3 is 14.6 Å². The highest BCUT2D eigenvalue weighted by molar-refractivity contribution is 8.00. The van der Waals surface area contributed by atoms with Crippen LogP contribution >= 0.6 is 35.1 Å². The molecule has 12 heteroatoms. The van der Waals surface area contributed by atoms with Gasteiger partial charge in [-0.2, -0.15) is 13.2 Å². The number of fused-ring (bicyclic) bond motifs is 1. The van der Waals surface area contributed by atoms with Gasteiger partial charge in [0, 0.05) is 46.3 Å². The van der Waals surface area contributed by atoms with Crippen LogP contribution in [0.25, 0.3) is 10.9 Å². The molecule has 4 rings (SSSR count). The van der Waals surface area contributed by atoms with Crippen molar-refractivity contribution in [2.45, 2.75) is 41.0 Å². The summed E-state index contributed by atoms with van der Waals surface area (Å²) in [5.41, 5.74) is 1.68. The number of amides is 1. The van der Waals surface area contributed by atoms with Crippen molar-refractivity contribution >= 4 is 68.3 Å². The van der Waals surface area contributed by atoms with Crippen LogP contribution in [0.5, 0.6) is 0 Å². The number of anilines is 1. The van der Waals surface area contributed by atoms with E-state index in [0.717, 1.165) is 31.3 Å². The van der Waals surface area contributed by atoms with Gasteiger partial charge in [0.1, 0.15) is 0 Å². The van der Waals surface area contributed by atoms with Crippen LogP contribution in [-0.4, -0.2) is 46.9 Å². The third-order valence-corrected chi connectivity index (χ3v) is 9.47. The molecule has 1 amide bonds. The largest absolute Gasteiger partial charge is 0.471 e. The number of aromatic amines is 1. The maximum atomic E-state index is 12.8. The Kier molecular flexibility index (Phi) is 8.25. The molecule has 1 unspecified atom stereocenters. The van der Waals surface area contributed by atoms with Crippen LogP contribution in [0.2, 0.25) is 10.0 Å². The van der Waals surface area contributed by atoms with Crippen LogP contribution in [0.3, 0.4) is 0 Å². The van der Waals surface area contributed by atoms with E-state index in [0.29, 0.717) is 29.4 Å². The lowest BCUT2D eigenvalue weighted by Gasteiger charge is -2.33. The molecule has 35 heavy (non-hydrogen) atoms. The fourth-order valence-electron chi connectivity index (χ4n) is 3.99. The van der Waals surface area contributed by atoms with Crippen molar-refractivity contribution in [3.05, 3.63) is 52.6 Å². The van der Waals surface area contributed by atoms with Crippen LogP contribution < -0.4 is 4.72 Å². The number of hydrogen-bond acceptors (Lipinski definition) is 4. The third-order valence-electron chi connectivity index (χ3n) is 5.64. The Morgan fingerprint density at radius 2 is 1.86 bits per heavy atom. The van der Waals surface area contributed by atoms with Gasteiger partial charge in [-0.15, -0.1) is 0 Å². The van der Waals surface area contributed by atoms with Crippen LogP contribution in [-0.2, 0) is 15.5 Å². The number of piperidine rings is 1. The maximum Gasteiger partial charge on any atom is 0.471 e. The molecule has 0 aliphatic carbocycles. The number of benzene rings is 2. The molecule has 188 valence electrons. The number of likely N-dealkylation sites (tertiary alicyclic amines) is 1. The van der Waals surface area contributed by atoms with E-state index in [1.807, 2.05) is 37.3 Å². The zero-order valence-corrected chi connectivity index (χ0v) is 21.8. The predicted octanol–water partition coefficient (Wildman–Crippen LogP) is 7.33. The smallest absolute Gasteiger partial charge is 0.358 e. The maximum absolute atomic E-state index is 12.8. The SMILES string of the molecule is CCN=S(c1ccc(SNc2ccc(Cl)c3c(Cl)c[nH]c23)cc1)C1CCN(C(=O)C(F)(F)F)CC1. The molecule has 2 aromatic carbocycles. The fraction of sp³-hybridized carbons (Fsp3) is 0.348. The number of H-pyrrole nitrogens is 1. The standard InChI is InChI=1S/C23H23Cl2F3N4OS2/c1-2-30-35(16-9-11-32(12-10-16)22(33)23(26,27)28)15-5-3-14(4-6-15)34-31-19-8-7-17(24)20-18(25)13-29-21(19)20/h3-8,13,16,29,31H,2,9-12H2,1H3. The summed E-state index contributed by atoms with van der Waals surface area (Å²) in [5, 5.41) is 2.01. The molecule has 1 atom stereocenters. The minimum absolute atomic E-state index is 0.0991. The Labute approximate surface area is 218 Å². The first-order valence-electron chi connectivity index (χ1n) is 10.9. The van der Waals surface area contributed by atoms with E-state index in [1.165, 1.54) is 11.9 Å². The third kappa shape index (κ3) is 5.93. The van der Waals surface area contributed by atoms with Gasteiger partial charge >= 0.3 is 12.1 Å². The van der Waals surface area contributed by atoms with E-state index in [1.54, 1.807) is 12.3 Å². The van der Waals surface area contributed by atoms with Crippen molar-refractivity contribution in [2.24, 2.45) is 4.36 Å². The summed E-state index contributed by atoms with van der Waals surface area (Å²) in [6, 6.07) is 11.7. The van der Waals surface area contributed by atoms with Gasteiger partial charge in [0.25, 0.3) is 0 Å². The molecule has 1 saturated heterocycles. The number of carbonyl (C=O) groups excluding carboxylic acids is 1. The Hall–Kier alpha value is -1.88. The zero-order chi connectivity index (χ0) is 25.2. The first-order chi connectivity index (χ1) is 16.7. The highest BCUT2D eigenvalue weighted by Crippen LogP contribution is 2.36. The average molecular weight is 563 g/mol. The van der Waals surface area contributed by atoms with E-state index < -0.39 is 22.8 Å². The number of hydrogen-bond donors (Lipinski definition) is 2. The molecule has 1 fully saturated rings. The highest BCUT2D eigenvalue weighted by Gasteiger charge is 2.43. The van der Waals surface area contributed by atoms with Crippen molar-refractivity contribution in [3.8, 4) is 0 Å². The molecular formula is C23H23Cl2F3N4OS2. The van der Waals surface area contributed by atoms with Gasteiger partial charge in [-0.25, -0.2) is 0 Å². The number of rotatable bonds is 6. The Balaban J connectivity index is 1.42. The number of halogens is 5. The number of nitrogens with zero attached hydrogens (tertiary/aromatic N) is 2. The van der Waals surface area contributed by atoms with Gasteiger partial charge in [0.15, 0.2) is 0 Å². The lowest BCUT2D eigenvalue weighted by Crippen LogP contribution is -2.46. The number of aromatic nitrogens is 1. The lowest BCUT2D eigenvalue weighted by atomic mass is 10.1. The molecule has 1 aromatic heterocycles. The van der Waals surface area contributed by atoms with Gasteiger partial charge in [-0.1, -0.05) is 33.9 Å². The molecule has 2 N–H and O–H groups in total. The minimum Gasteiger partial charge on any atom is -0.358 e. The molecule has 0 spiro atoms. The molecular weight excluding hydrogens is 540 g/mol. The van der Waals surface area contributed by atoms with Crippen molar-refractivity contribution in [2.75, 3.05) is 24.4 Å². The second-order valence-corrected chi connectivity index (χ2v) is 11.6. The Bertz CT molecular complexity index is 1240. The summed E-state index contributed by atoms with van der Waals surface area (Å²) >= 11 is 13.9. The van der Waals surface area contributed by atoms with E-state index in [2.05, 4.69) is 9.71 Å². The van der Waals surface area contributed by atoms with Gasteiger partial charge in [0.2, 0.25) is 0 Å². The Morgan fingerprint density at radius 1 is 1.17 bits per heavy atom. The summed E-state index contributed by atoms with van der Waals surface area (Å²) in [6.45, 7) is 2.77. The van der Waals surface area contributed by atoms with E-state index in [4.69, 9.17) is 27.6 Å². The van der Waals surface area contributed by atoms with Gasteiger partial charge in [-0.3, -0.25) is 9.16 Å². The minimum atomic E-state index is -4.82. The second-order valence-electron chi connectivity index (χ2n) is 7.91. The van der Waals surface area contributed by atoms with Crippen LogP contribution in [0.15, 0.2) is 56.7 Å². The molecule has 0 radical (unpaired) electrons. The highest BCUT2D eigenvalue weighted by atomic mass is 35.5. The quantitative estimate of drug-likeness (QED) is 0.309. The van der Waals surface area contributed by atoms with Crippen LogP contribution in [0, 0.1) is 0 Å². The topological polar surface area (TPSA) is 60.5 Å². The first-order valence-corrected chi connectivity index (χ1v) is 13.8. The monoisotopic (exact) mass is 562 g/mol. The van der Waals surface area contributed by atoms with Crippen molar-refractivity contribution < 1.29 is 18.0 Å². The molecule has 2 heterocycles. The van der Waals surface area contributed by atoms with Crippen molar-refractivity contribution in [1.82, 2.24) is 9.88 Å². The van der Waals surface area contributed by atoms with Gasteiger partial charge in [-0.05, 0) is 68.1 Å². The number of nitrogens with one attached hydrogen (secondary N) is 2. The fourth-order valence-corrected chi connectivity index (χ4v) is 7.31. The summed E-state index contributed by atoms with van der Waals surface area (Å²) in [5.74, 6) is -1.75. The molecule has 0 saturated carbocycles. The number of carbonyl (C=O) groups is 1. The van der Waals surface area contributed by atoms with E-state index in [-0.39, 0.29) is 18.3 Å². The molecule has 0 bridgehead atoms. The number of alkyl halides is 3. The molecule has 1 aliphatic heterocycles. The second kappa shape index (κ2) is 11.0. The Morgan fingerprint density at radius 3 is 2.49 bits per heavy atom. The summed E-state index contributed by atoms with van der Waals surface area (Å²) in [6.07, 6.45) is -2.13. The molecule has 1 aliphatic rings. The summed E-state index contributed by atoms with van der Waals surface area (Å²) in [7, 11) is -0.449. The zero-order valence-electron chi connectivity index (χ0n) is 18.7. The van der Waals surface area contributed by atoms with Gasteiger partial charge in [0.05, 0.1) is 21.2 Å². The predicted molar refractivity (Wildman–Crippen MR) is 138 cm³/mol. The van der Waals surface area contributed by atoms with Crippen molar-refractivity contribution in [3.63, 3.8) is 0 Å². The lowest BCUT2D eigenvalue weighted by molar-refractivity contribution is -0.186. The summed E-state index contributed by atoms with van der Waals surface area (Å²) in [4.78, 5) is 17.6.